The monoisotopic (exact) mass is 550 g/mol. The van der Waals surface area contributed by atoms with Crippen LogP contribution in [0.1, 0.15) is 20.7 Å². The molecule has 0 saturated heterocycles. The van der Waals surface area contributed by atoms with Crippen LogP contribution in [0.3, 0.4) is 0 Å². The lowest BCUT2D eigenvalue weighted by Crippen LogP contribution is -2.12. The Hall–Kier alpha value is -1.90. The number of carbonyl (C=O) groups excluding carboxylic acids is 2. The van der Waals surface area contributed by atoms with E-state index in [0.717, 1.165) is 19.0 Å². The van der Waals surface area contributed by atoms with Crippen molar-refractivity contribution in [3.8, 4) is 0 Å². The summed E-state index contributed by atoms with van der Waals surface area (Å²) >= 11 is 18.2. The molecule has 0 unspecified atom stereocenters. The molecule has 0 spiro atoms. The summed E-state index contributed by atoms with van der Waals surface area (Å²) in [6, 6.07) is 17.5. The third-order valence-corrected chi connectivity index (χ3v) is 7.53. The number of nitrogens with one attached hydrogen (secondary N) is 1. The standard InChI is InChI=1S/C22H13BrCl2N2O2S2/c23-13-3-1-12(2-4-13)19(28)11-30-22-27-18-8-6-15(10-20(18)31-22)26-21(29)16-7-5-14(24)9-17(16)25/h1-10H,11H2,(H,26,29). The van der Waals surface area contributed by atoms with E-state index < -0.39 is 0 Å². The average Bonchev–Trinajstić information content (AvgIpc) is 3.14. The van der Waals surface area contributed by atoms with Crippen molar-refractivity contribution in [1.82, 2.24) is 4.98 Å². The Kier molecular flexibility index (Phi) is 6.99. The minimum absolute atomic E-state index is 0.0459. The quantitative estimate of drug-likeness (QED) is 0.198. The number of thioether (sulfide) groups is 1. The summed E-state index contributed by atoms with van der Waals surface area (Å²) in [6.07, 6.45) is 0. The van der Waals surface area contributed by atoms with Crippen LogP contribution in [0.25, 0.3) is 10.2 Å². The lowest BCUT2D eigenvalue weighted by atomic mass is 10.2. The molecular formula is C22H13BrCl2N2O2S2. The Morgan fingerprint density at radius 3 is 2.55 bits per heavy atom. The summed E-state index contributed by atoms with van der Waals surface area (Å²) in [5, 5.41) is 3.60. The molecule has 156 valence electrons. The van der Waals surface area contributed by atoms with Gasteiger partial charge < -0.3 is 5.32 Å². The van der Waals surface area contributed by atoms with Crippen molar-refractivity contribution in [2.75, 3.05) is 11.1 Å². The van der Waals surface area contributed by atoms with E-state index in [1.54, 1.807) is 30.3 Å². The van der Waals surface area contributed by atoms with Crippen LogP contribution in [-0.4, -0.2) is 22.4 Å². The topological polar surface area (TPSA) is 59.1 Å². The number of aromatic nitrogens is 1. The van der Waals surface area contributed by atoms with Gasteiger partial charge >= 0.3 is 0 Å². The molecule has 0 atom stereocenters. The molecule has 1 amide bonds. The van der Waals surface area contributed by atoms with Crippen LogP contribution < -0.4 is 5.32 Å². The van der Waals surface area contributed by atoms with Gasteiger partial charge in [-0.15, -0.1) is 11.3 Å². The first-order valence-corrected chi connectivity index (χ1v) is 12.3. The molecule has 0 bridgehead atoms. The second-order valence-corrected chi connectivity index (χ2v) is 10.5. The highest BCUT2D eigenvalue weighted by molar-refractivity contribution is 9.10. The Bertz CT molecular complexity index is 1290. The summed E-state index contributed by atoms with van der Waals surface area (Å²) in [5.74, 6) is 0.0323. The van der Waals surface area contributed by atoms with E-state index in [-0.39, 0.29) is 16.7 Å². The first-order chi connectivity index (χ1) is 14.9. The summed E-state index contributed by atoms with van der Waals surface area (Å²) in [7, 11) is 0. The minimum atomic E-state index is -0.319. The van der Waals surface area contributed by atoms with E-state index in [9.17, 15) is 9.59 Å². The number of anilines is 1. The van der Waals surface area contributed by atoms with Gasteiger partial charge in [0.15, 0.2) is 10.1 Å². The molecule has 4 nitrogen and oxygen atoms in total. The van der Waals surface area contributed by atoms with Crippen LogP contribution in [0.2, 0.25) is 10.0 Å². The Morgan fingerprint density at radius 2 is 1.81 bits per heavy atom. The number of fused-ring (bicyclic) bond motifs is 1. The minimum Gasteiger partial charge on any atom is -0.322 e. The maximum absolute atomic E-state index is 12.5. The van der Waals surface area contributed by atoms with Crippen molar-refractivity contribution in [2.45, 2.75) is 4.34 Å². The third-order valence-electron chi connectivity index (χ3n) is 4.30. The normalized spacial score (nSPS) is 10.9. The summed E-state index contributed by atoms with van der Waals surface area (Å²) < 4.78 is 2.65. The van der Waals surface area contributed by atoms with Crippen LogP contribution in [0.15, 0.2) is 69.5 Å². The molecule has 4 rings (SSSR count). The van der Waals surface area contributed by atoms with Gasteiger partial charge in [-0.2, -0.15) is 0 Å². The van der Waals surface area contributed by atoms with Crippen molar-refractivity contribution < 1.29 is 9.59 Å². The summed E-state index contributed by atoms with van der Waals surface area (Å²) in [5.41, 5.74) is 2.46. The fourth-order valence-corrected chi connectivity index (χ4v) is 5.52. The SMILES string of the molecule is O=C(CSc1nc2ccc(NC(=O)c3ccc(Cl)cc3Cl)cc2s1)c1ccc(Br)cc1. The second-order valence-electron chi connectivity index (χ2n) is 6.46. The first kappa shape index (κ1) is 22.3. The molecule has 3 aromatic carbocycles. The highest BCUT2D eigenvalue weighted by Crippen LogP contribution is 2.32. The Morgan fingerprint density at radius 1 is 1.03 bits per heavy atom. The van der Waals surface area contributed by atoms with Crippen molar-refractivity contribution >= 4 is 89.8 Å². The van der Waals surface area contributed by atoms with Gasteiger partial charge in [0.25, 0.3) is 5.91 Å². The van der Waals surface area contributed by atoms with Gasteiger partial charge in [-0.1, -0.05) is 63.0 Å². The third kappa shape index (κ3) is 5.48. The molecule has 0 aliphatic heterocycles. The maximum Gasteiger partial charge on any atom is 0.257 e. The van der Waals surface area contributed by atoms with Crippen molar-refractivity contribution in [2.24, 2.45) is 0 Å². The zero-order valence-corrected chi connectivity index (χ0v) is 20.4. The largest absolute Gasteiger partial charge is 0.322 e. The Labute approximate surface area is 205 Å². The lowest BCUT2D eigenvalue weighted by Gasteiger charge is -2.07. The van der Waals surface area contributed by atoms with E-state index in [2.05, 4.69) is 26.2 Å². The molecule has 0 aliphatic carbocycles. The molecular weight excluding hydrogens is 539 g/mol. The molecule has 0 radical (unpaired) electrons. The molecule has 31 heavy (non-hydrogen) atoms. The molecule has 1 aromatic heterocycles. The highest BCUT2D eigenvalue weighted by Gasteiger charge is 2.13. The number of ketones is 1. The van der Waals surface area contributed by atoms with Gasteiger partial charge in [-0.3, -0.25) is 9.59 Å². The smallest absolute Gasteiger partial charge is 0.257 e. The van der Waals surface area contributed by atoms with Crippen LogP contribution in [0.5, 0.6) is 0 Å². The van der Waals surface area contributed by atoms with Gasteiger partial charge in [-0.05, 0) is 48.5 Å². The number of benzene rings is 3. The van der Waals surface area contributed by atoms with Crippen molar-refractivity contribution in [3.05, 3.63) is 86.3 Å². The number of thiazole rings is 1. The van der Waals surface area contributed by atoms with Crippen molar-refractivity contribution in [1.29, 1.82) is 0 Å². The fourth-order valence-electron chi connectivity index (χ4n) is 2.76. The van der Waals surface area contributed by atoms with E-state index in [4.69, 9.17) is 23.2 Å². The van der Waals surface area contributed by atoms with Gasteiger partial charge in [-0.25, -0.2) is 4.98 Å². The number of rotatable bonds is 6. The number of hydrogen-bond donors (Lipinski definition) is 1. The number of carbonyl (C=O) groups is 2. The molecule has 0 fully saturated rings. The van der Waals surface area contributed by atoms with E-state index in [1.807, 2.05) is 24.3 Å². The number of nitrogens with zero attached hydrogens (tertiary/aromatic N) is 1. The lowest BCUT2D eigenvalue weighted by molar-refractivity contribution is 0.101. The predicted molar refractivity (Wildman–Crippen MR) is 133 cm³/mol. The zero-order valence-electron chi connectivity index (χ0n) is 15.7. The number of halogens is 3. The van der Waals surface area contributed by atoms with Gasteiger partial charge in [0, 0.05) is 20.7 Å². The van der Waals surface area contributed by atoms with Gasteiger partial charge in [0.05, 0.1) is 26.6 Å². The van der Waals surface area contributed by atoms with Crippen LogP contribution >= 0.6 is 62.2 Å². The Balaban J connectivity index is 1.44. The van der Waals surface area contributed by atoms with Gasteiger partial charge in [0.1, 0.15) is 0 Å². The molecule has 0 aliphatic rings. The summed E-state index contributed by atoms with van der Waals surface area (Å²) in [4.78, 5) is 29.5. The number of Topliss-reactive ketones (excluding diaryl/α,β-unsaturated/α-hetero) is 1. The van der Waals surface area contributed by atoms with Gasteiger partial charge in [0.2, 0.25) is 0 Å². The van der Waals surface area contributed by atoms with Crippen LogP contribution in [-0.2, 0) is 0 Å². The average molecular weight is 552 g/mol. The van der Waals surface area contributed by atoms with E-state index >= 15 is 0 Å². The number of hydrogen-bond acceptors (Lipinski definition) is 5. The molecule has 9 heteroatoms. The summed E-state index contributed by atoms with van der Waals surface area (Å²) in [6.45, 7) is 0. The van der Waals surface area contributed by atoms with Crippen molar-refractivity contribution in [3.63, 3.8) is 0 Å². The zero-order chi connectivity index (χ0) is 22.0. The van der Waals surface area contributed by atoms with E-state index in [1.165, 1.54) is 29.2 Å². The van der Waals surface area contributed by atoms with Crippen LogP contribution in [0.4, 0.5) is 5.69 Å². The molecule has 1 heterocycles. The maximum atomic E-state index is 12.5. The molecule has 4 aromatic rings. The first-order valence-electron chi connectivity index (χ1n) is 8.97. The predicted octanol–water partition coefficient (Wildman–Crippen LogP) is 7.59. The fraction of sp³-hybridized carbons (Fsp3) is 0.0455. The van der Waals surface area contributed by atoms with E-state index in [0.29, 0.717) is 27.6 Å². The molecule has 1 N–H and O–H groups in total. The number of amides is 1. The highest BCUT2D eigenvalue weighted by atomic mass is 79.9. The van der Waals surface area contributed by atoms with Crippen LogP contribution in [0, 0.1) is 0 Å². The second kappa shape index (κ2) is 9.71. The molecule has 0 saturated carbocycles.